The Morgan fingerprint density at radius 3 is 2.41 bits per heavy atom. The van der Waals surface area contributed by atoms with Gasteiger partial charge in [0.2, 0.25) is 0 Å². The van der Waals surface area contributed by atoms with E-state index in [4.69, 9.17) is 4.42 Å². The Morgan fingerprint density at radius 2 is 1.63 bits per heavy atom. The van der Waals surface area contributed by atoms with E-state index in [9.17, 15) is 5.26 Å². The Labute approximate surface area is 156 Å². The Balaban J connectivity index is 1.82. The second kappa shape index (κ2) is 6.12. The van der Waals surface area contributed by atoms with Gasteiger partial charge in [-0.15, -0.1) is 0 Å². The highest BCUT2D eigenvalue weighted by molar-refractivity contribution is 6.10. The summed E-state index contributed by atoms with van der Waals surface area (Å²) in [5.74, 6) is 0. The van der Waals surface area contributed by atoms with E-state index in [1.165, 1.54) is 0 Å². The van der Waals surface area contributed by atoms with Gasteiger partial charge in [0, 0.05) is 28.1 Å². The lowest BCUT2D eigenvalue weighted by Crippen LogP contribution is -1.84. The molecule has 3 heteroatoms. The third kappa shape index (κ3) is 2.47. The van der Waals surface area contributed by atoms with Crippen LogP contribution in [0.15, 0.2) is 89.5 Å². The number of nitriles is 1. The van der Waals surface area contributed by atoms with Crippen molar-refractivity contribution < 1.29 is 4.42 Å². The zero-order valence-corrected chi connectivity index (χ0v) is 14.4. The second-order valence-electron chi connectivity index (χ2n) is 6.37. The van der Waals surface area contributed by atoms with Gasteiger partial charge in [-0.05, 0) is 35.9 Å². The molecular formula is C24H14N2O. The van der Waals surface area contributed by atoms with Crippen LogP contribution in [0.1, 0.15) is 5.56 Å². The number of benzene rings is 3. The van der Waals surface area contributed by atoms with E-state index in [-0.39, 0.29) is 0 Å². The van der Waals surface area contributed by atoms with Crippen LogP contribution in [0.4, 0.5) is 0 Å². The van der Waals surface area contributed by atoms with Crippen molar-refractivity contribution in [3.8, 4) is 28.5 Å². The summed E-state index contributed by atoms with van der Waals surface area (Å²) in [6, 6.07) is 28.0. The number of nitrogens with zero attached hydrogens (tertiary/aromatic N) is 2. The molecule has 27 heavy (non-hydrogen) atoms. The maximum atomic E-state index is 9.69. The average Bonchev–Trinajstić information content (AvgIpc) is 3.11. The lowest BCUT2D eigenvalue weighted by molar-refractivity contribution is 0.670. The van der Waals surface area contributed by atoms with Gasteiger partial charge in [0.15, 0.2) is 0 Å². The lowest BCUT2D eigenvalue weighted by atomic mass is 9.97. The quantitative estimate of drug-likeness (QED) is 0.383. The molecule has 0 unspecified atom stereocenters. The van der Waals surface area contributed by atoms with Gasteiger partial charge in [0.1, 0.15) is 11.2 Å². The highest BCUT2D eigenvalue weighted by atomic mass is 16.3. The molecular weight excluding hydrogens is 332 g/mol. The molecule has 0 spiro atoms. The molecule has 0 saturated heterocycles. The van der Waals surface area contributed by atoms with Crippen molar-refractivity contribution >= 4 is 21.9 Å². The van der Waals surface area contributed by atoms with E-state index in [1.807, 2.05) is 78.9 Å². The van der Waals surface area contributed by atoms with Crippen LogP contribution in [-0.4, -0.2) is 4.98 Å². The van der Waals surface area contributed by atoms with E-state index in [0.29, 0.717) is 5.56 Å². The fourth-order valence-corrected chi connectivity index (χ4v) is 3.52. The first-order valence-electron chi connectivity index (χ1n) is 8.71. The third-order valence-corrected chi connectivity index (χ3v) is 4.78. The number of para-hydroxylation sites is 1. The van der Waals surface area contributed by atoms with Crippen molar-refractivity contribution in [3.63, 3.8) is 0 Å². The Morgan fingerprint density at radius 1 is 0.778 bits per heavy atom. The molecule has 2 aromatic heterocycles. The van der Waals surface area contributed by atoms with Gasteiger partial charge in [-0.25, -0.2) is 0 Å². The van der Waals surface area contributed by atoms with Crippen LogP contribution >= 0.6 is 0 Å². The van der Waals surface area contributed by atoms with Gasteiger partial charge < -0.3 is 4.42 Å². The molecule has 0 amide bonds. The number of hydrogen-bond acceptors (Lipinski definition) is 3. The van der Waals surface area contributed by atoms with Crippen LogP contribution in [0.25, 0.3) is 44.3 Å². The highest BCUT2D eigenvalue weighted by Gasteiger charge is 2.16. The van der Waals surface area contributed by atoms with Crippen molar-refractivity contribution in [1.82, 2.24) is 4.98 Å². The van der Waals surface area contributed by atoms with E-state index in [0.717, 1.165) is 44.3 Å². The maximum absolute atomic E-state index is 9.69. The number of hydrogen-bond donors (Lipinski definition) is 0. The third-order valence-electron chi connectivity index (χ3n) is 4.78. The summed E-state index contributed by atoms with van der Waals surface area (Å²) in [5, 5.41) is 11.6. The summed E-state index contributed by atoms with van der Waals surface area (Å²) in [7, 11) is 0. The summed E-state index contributed by atoms with van der Waals surface area (Å²) in [6.45, 7) is 0. The van der Waals surface area contributed by atoms with Gasteiger partial charge in [0.05, 0.1) is 17.3 Å². The molecule has 0 saturated carbocycles. The van der Waals surface area contributed by atoms with E-state index < -0.39 is 0 Å². The largest absolute Gasteiger partial charge is 0.455 e. The van der Waals surface area contributed by atoms with Crippen LogP contribution in [0.5, 0.6) is 0 Å². The van der Waals surface area contributed by atoms with Gasteiger partial charge in [-0.2, -0.15) is 5.26 Å². The first kappa shape index (κ1) is 15.4. The minimum absolute atomic E-state index is 0.639. The zero-order valence-electron chi connectivity index (χ0n) is 14.4. The zero-order chi connectivity index (χ0) is 18.2. The molecule has 0 aliphatic carbocycles. The molecule has 3 nitrogen and oxygen atoms in total. The van der Waals surface area contributed by atoms with Crippen molar-refractivity contribution in [2.45, 2.75) is 0 Å². The van der Waals surface area contributed by atoms with Crippen LogP contribution < -0.4 is 0 Å². The molecule has 2 heterocycles. The number of aromatic nitrogens is 1. The predicted molar refractivity (Wildman–Crippen MR) is 107 cm³/mol. The maximum Gasteiger partial charge on any atom is 0.144 e. The van der Waals surface area contributed by atoms with Crippen molar-refractivity contribution in [2.24, 2.45) is 0 Å². The van der Waals surface area contributed by atoms with Gasteiger partial charge in [0.25, 0.3) is 0 Å². The monoisotopic (exact) mass is 346 g/mol. The smallest absolute Gasteiger partial charge is 0.144 e. The Hall–Kier alpha value is -3.90. The molecule has 126 valence electrons. The summed E-state index contributed by atoms with van der Waals surface area (Å²) in [5.41, 5.74) is 5.89. The van der Waals surface area contributed by atoms with Gasteiger partial charge >= 0.3 is 0 Å². The predicted octanol–water partition coefficient (Wildman–Crippen LogP) is 6.19. The van der Waals surface area contributed by atoms with Gasteiger partial charge in [-0.1, -0.05) is 48.5 Å². The number of fused-ring (bicyclic) bond motifs is 3. The molecule has 3 aromatic carbocycles. The van der Waals surface area contributed by atoms with Gasteiger partial charge in [-0.3, -0.25) is 4.98 Å². The summed E-state index contributed by atoms with van der Waals surface area (Å²) >= 11 is 0. The minimum Gasteiger partial charge on any atom is -0.455 e. The molecule has 0 bridgehead atoms. The number of pyridine rings is 1. The van der Waals surface area contributed by atoms with Crippen molar-refractivity contribution in [1.29, 1.82) is 5.26 Å². The molecule has 0 fully saturated rings. The van der Waals surface area contributed by atoms with E-state index in [1.54, 1.807) is 6.20 Å². The standard InChI is InChI=1S/C24H14N2O/c25-15-17-13-21-18-9-6-10-19(22-11-4-5-12-26-22)24(18)27-23(21)14-20(17)16-7-2-1-3-8-16/h1-14H. The molecule has 0 aliphatic heterocycles. The highest BCUT2D eigenvalue weighted by Crippen LogP contribution is 2.38. The first-order valence-corrected chi connectivity index (χ1v) is 8.71. The Kier molecular flexibility index (Phi) is 3.48. The topological polar surface area (TPSA) is 49.8 Å². The van der Waals surface area contributed by atoms with Crippen LogP contribution in [0.2, 0.25) is 0 Å². The lowest BCUT2D eigenvalue weighted by Gasteiger charge is -2.04. The summed E-state index contributed by atoms with van der Waals surface area (Å²) < 4.78 is 6.25. The summed E-state index contributed by atoms with van der Waals surface area (Å²) in [4.78, 5) is 4.46. The van der Waals surface area contributed by atoms with Crippen LogP contribution in [0.3, 0.4) is 0 Å². The van der Waals surface area contributed by atoms with E-state index in [2.05, 4.69) is 11.1 Å². The fraction of sp³-hybridized carbons (Fsp3) is 0. The minimum atomic E-state index is 0.639. The fourth-order valence-electron chi connectivity index (χ4n) is 3.52. The normalized spacial score (nSPS) is 10.9. The van der Waals surface area contributed by atoms with Crippen molar-refractivity contribution in [2.75, 3.05) is 0 Å². The molecule has 0 atom stereocenters. The second-order valence-corrected chi connectivity index (χ2v) is 6.37. The molecule has 0 aliphatic rings. The number of rotatable bonds is 2. The van der Waals surface area contributed by atoms with Crippen molar-refractivity contribution in [3.05, 3.63) is 90.6 Å². The van der Waals surface area contributed by atoms with Crippen LogP contribution in [0, 0.1) is 11.3 Å². The summed E-state index contributed by atoms with van der Waals surface area (Å²) in [6.07, 6.45) is 1.78. The molecule has 0 radical (unpaired) electrons. The number of furan rings is 1. The molecule has 5 rings (SSSR count). The SMILES string of the molecule is N#Cc1cc2c(cc1-c1ccccc1)oc1c(-c3ccccn3)cccc12. The Bertz CT molecular complexity index is 1310. The average molecular weight is 346 g/mol. The van der Waals surface area contributed by atoms with Crippen LogP contribution in [-0.2, 0) is 0 Å². The molecule has 0 N–H and O–H groups in total. The molecule has 5 aromatic rings. The first-order chi connectivity index (χ1) is 13.3. The van der Waals surface area contributed by atoms with E-state index >= 15 is 0 Å².